The Morgan fingerprint density at radius 1 is 1.11 bits per heavy atom. The van der Waals surface area contributed by atoms with E-state index in [1.54, 1.807) is 0 Å². The first-order valence-electron chi connectivity index (χ1n) is 4.91. The second-order valence-corrected chi connectivity index (χ2v) is 4.84. The molecule has 0 aliphatic carbocycles. The summed E-state index contributed by atoms with van der Waals surface area (Å²) >= 11 is 16.3. The first-order chi connectivity index (χ1) is 8.77. The minimum absolute atomic E-state index is 0.160. The van der Waals surface area contributed by atoms with Crippen LogP contribution in [0.15, 0.2) is 24.3 Å². The standard InChI is InChI=1S/C11H5Cl2F3N2S/c12-6-2-1-5(3-7(6)13)8-4-9(19)18-10(17-8)11(14,15)16/h1-4H,(H,17,18,19). The lowest BCUT2D eigenvalue weighted by Gasteiger charge is -2.09. The molecule has 100 valence electrons. The van der Waals surface area contributed by atoms with Crippen molar-refractivity contribution in [2.75, 3.05) is 0 Å². The minimum atomic E-state index is -4.60. The SMILES string of the molecule is FC(F)(F)c1nc(=S)cc(-c2ccc(Cl)c(Cl)c2)[nH]1. The largest absolute Gasteiger partial charge is 0.449 e. The van der Waals surface area contributed by atoms with Gasteiger partial charge in [-0.2, -0.15) is 13.2 Å². The van der Waals surface area contributed by atoms with Crippen LogP contribution in [-0.2, 0) is 6.18 Å². The van der Waals surface area contributed by atoms with Gasteiger partial charge in [-0.25, -0.2) is 4.98 Å². The Bertz CT molecular complexity index is 682. The third-order valence-electron chi connectivity index (χ3n) is 2.24. The fourth-order valence-corrected chi connectivity index (χ4v) is 1.92. The van der Waals surface area contributed by atoms with Crippen molar-refractivity contribution in [2.45, 2.75) is 6.18 Å². The molecule has 0 saturated heterocycles. The Hall–Kier alpha value is -1.11. The van der Waals surface area contributed by atoms with E-state index in [1.165, 1.54) is 24.3 Å². The molecule has 1 N–H and O–H groups in total. The van der Waals surface area contributed by atoms with E-state index >= 15 is 0 Å². The van der Waals surface area contributed by atoms with Crippen LogP contribution >= 0.6 is 35.4 Å². The van der Waals surface area contributed by atoms with Crippen molar-refractivity contribution in [3.8, 4) is 11.3 Å². The fourth-order valence-electron chi connectivity index (χ4n) is 1.41. The zero-order valence-electron chi connectivity index (χ0n) is 9.05. The van der Waals surface area contributed by atoms with Gasteiger partial charge in [0.05, 0.1) is 10.0 Å². The van der Waals surface area contributed by atoms with Gasteiger partial charge in [0.1, 0.15) is 4.64 Å². The monoisotopic (exact) mass is 324 g/mol. The molecule has 0 amide bonds. The van der Waals surface area contributed by atoms with Gasteiger partial charge in [-0.05, 0) is 23.8 Å². The van der Waals surface area contributed by atoms with Gasteiger partial charge in [0.25, 0.3) is 0 Å². The van der Waals surface area contributed by atoms with Crippen molar-refractivity contribution in [2.24, 2.45) is 0 Å². The van der Waals surface area contributed by atoms with Crippen LogP contribution < -0.4 is 0 Å². The van der Waals surface area contributed by atoms with Crippen LogP contribution in [0.2, 0.25) is 10.0 Å². The van der Waals surface area contributed by atoms with Gasteiger partial charge in [-0.1, -0.05) is 41.5 Å². The second-order valence-electron chi connectivity index (χ2n) is 3.61. The van der Waals surface area contributed by atoms with Gasteiger partial charge >= 0.3 is 6.18 Å². The maximum atomic E-state index is 12.6. The Balaban J connectivity index is 2.59. The smallest absolute Gasteiger partial charge is 0.336 e. The zero-order chi connectivity index (χ0) is 14.2. The maximum absolute atomic E-state index is 12.6. The highest BCUT2D eigenvalue weighted by molar-refractivity contribution is 7.71. The molecule has 0 aliphatic heterocycles. The van der Waals surface area contributed by atoms with Gasteiger partial charge < -0.3 is 4.98 Å². The summed E-state index contributed by atoms with van der Waals surface area (Å²) in [6.07, 6.45) is -4.60. The maximum Gasteiger partial charge on any atom is 0.449 e. The fraction of sp³-hybridized carbons (Fsp3) is 0.0909. The third kappa shape index (κ3) is 3.26. The van der Waals surface area contributed by atoms with E-state index in [9.17, 15) is 13.2 Å². The molecule has 0 radical (unpaired) electrons. The third-order valence-corrected chi connectivity index (χ3v) is 3.19. The van der Waals surface area contributed by atoms with Gasteiger partial charge in [0.15, 0.2) is 0 Å². The quantitative estimate of drug-likeness (QED) is 0.736. The van der Waals surface area contributed by atoms with Crippen LogP contribution in [-0.4, -0.2) is 9.97 Å². The Morgan fingerprint density at radius 3 is 2.37 bits per heavy atom. The number of hydrogen-bond acceptors (Lipinski definition) is 2. The molecule has 19 heavy (non-hydrogen) atoms. The molecular weight excluding hydrogens is 320 g/mol. The van der Waals surface area contributed by atoms with Crippen LogP contribution in [0.5, 0.6) is 0 Å². The first kappa shape index (κ1) is 14.3. The van der Waals surface area contributed by atoms with E-state index in [1.807, 2.05) is 0 Å². The summed E-state index contributed by atoms with van der Waals surface area (Å²) < 4.78 is 37.7. The molecule has 0 bridgehead atoms. The lowest BCUT2D eigenvalue weighted by Crippen LogP contribution is -2.11. The van der Waals surface area contributed by atoms with E-state index in [0.29, 0.717) is 10.6 Å². The highest BCUT2D eigenvalue weighted by atomic mass is 35.5. The molecule has 0 aliphatic rings. The van der Waals surface area contributed by atoms with Crippen molar-refractivity contribution in [3.05, 3.63) is 44.8 Å². The molecule has 1 heterocycles. The molecule has 1 aromatic carbocycles. The molecule has 0 saturated carbocycles. The van der Waals surface area contributed by atoms with Crippen LogP contribution in [0.1, 0.15) is 5.82 Å². The van der Waals surface area contributed by atoms with E-state index in [0.717, 1.165) is 0 Å². The molecule has 0 unspecified atom stereocenters. The lowest BCUT2D eigenvalue weighted by molar-refractivity contribution is -0.144. The topological polar surface area (TPSA) is 28.7 Å². The molecule has 0 fully saturated rings. The summed E-state index contributed by atoms with van der Waals surface area (Å²) in [6.45, 7) is 0. The Kier molecular flexibility index (Phi) is 3.85. The summed E-state index contributed by atoms with van der Waals surface area (Å²) in [5.74, 6) is -1.15. The number of rotatable bonds is 1. The molecule has 0 atom stereocenters. The van der Waals surface area contributed by atoms with Crippen LogP contribution in [0.25, 0.3) is 11.3 Å². The molecule has 0 spiro atoms. The Morgan fingerprint density at radius 2 is 1.79 bits per heavy atom. The molecular formula is C11H5Cl2F3N2S. The number of benzene rings is 1. The summed E-state index contributed by atoms with van der Waals surface area (Å²) in [4.78, 5) is 5.43. The van der Waals surface area contributed by atoms with Gasteiger partial charge in [-0.15, -0.1) is 0 Å². The van der Waals surface area contributed by atoms with Crippen LogP contribution in [0, 0.1) is 4.64 Å². The number of nitrogens with one attached hydrogen (secondary N) is 1. The van der Waals surface area contributed by atoms with Gasteiger partial charge in [0.2, 0.25) is 5.82 Å². The first-order valence-corrected chi connectivity index (χ1v) is 6.08. The molecule has 1 aromatic heterocycles. The van der Waals surface area contributed by atoms with Crippen LogP contribution in [0.4, 0.5) is 13.2 Å². The second kappa shape index (κ2) is 5.11. The lowest BCUT2D eigenvalue weighted by atomic mass is 10.1. The minimum Gasteiger partial charge on any atom is -0.336 e. The molecule has 8 heteroatoms. The van der Waals surface area contributed by atoms with E-state index in [-0.39, 0.29) is 15.4 Å². The number of hydrogen-bond donors (Lipinski definition) is 1. The van der Waals surface area contributed by atoms with Crippen molar-refractivity contribution in [3.63, 3.8) is 0 Å². The number of halogens is 5. The predicted octanol–water partition coefficient (Wildman–Crippen LogP) is 5.13. The normalized spacial score (nSPS) is 11.6. The van der Waals surface area contributed by atoms with Gasteiger partial charge in [0, 0.05) is 5.69 Å². The highest BCUT2D eigenvalue weighted by Crippen LogP contribution is 2.30. The summed E-state index contributed by atoms with van der Waals surface area (Å²) in [6, 6.07) is 5.80. The average molecular weight is 325 g/mol. The predicted molar refractivity (Wildman–Crippen MR) is 69.9 cm³/mol. The summed E-state index contributed by atoms with van der Waals surface area (Å²) in [7, 11) is 0. The van der Waals surface area contributed by atoms with Crippen molar-refractivity contribution in [1.29, 1.82) is 0 Å². The van der Waals surface area contributed by atoms with E-state index in [4.69, 9.17) is 35.4 Å². The van der Waals surface area contributed by atoms with Crippen molar-refractivity contribution in [1.82, 2.24) is 9.97 Å². The van der Waals surface area contributed by atoms with Crippen LogP contribution in [0.3, 0.4) is 0 Å². The zero-order valence-corrected chi connectivity index (χ0v) is 11.4. The van der Waals surface area contributed by atoms with E-state index < -0.39 is 12.0 Å². The number of nitrogens with zero attached hydrogens (tertiary/aromatic N) is 1. The number of aromatic amines is 1. The molecule has 2 aromatic rings. The summed E-state index contributed by atoms with van der Waals surface area (Å²) in [5, 5.41) is 0.554. The summed E-state index contributed by atoms with van der Waals surface area (Å²) in [5.41, 5.74) is 0.610. The molecule has 2 rings (SSSR count). The van der Waals surface area contributed by atoms with Crippen molar-refractivity contribution < 1.29 is 13.2 Å². The van der Waals surface area contributed by atoms with Crippen molar-refractivity contribution >= 4 is 35.4 Å². The number of H-pyrrole nitrogens is 1. The Labute approximate surface area is 121 Å². The highest BCUT2D eigenvalue weighted by Gasteiger charge is 2.34. The van der Waals surface area contributed by atoms with Gasteiger partial charge in [-0.3, -0.25) is 0 Å². The molecule has 2 nitrogen and oxygen atoms in total. The average Bonchev–Trinajstić information content (AvgIpc) is 2.31. The number of alkyl halides is 3. The van der Waals surface area contributed by atoms with E-state index in [2.05, 4.69) is 9.97 Å². The number of aromatic nitrogens is 2.